The average molecular weight is 373 g/mol. The van der Waals surface area contributed by atoms with Crippen LogP contribution in [0.15, 0.2) is 24.3 Å². The molecule has 4 atom stereocenters. The number of nitrogens with zero attached hydrogens (tertiary/aromatic N) is 2. The van der Waals surface area contributed by atoms with E-state index < -0.39 is 0 Å². The van der Waals surface area contributed by atoms with E-state index in [9.17, 15) is 9.90 Å². The minimum absolute atomic E-state index is 0.0482. The average Bonchev–Trinajstić information content (AvgIpc) is 2.71. The van der Waals surface area contributed by atoms with Crippen LogP contribution >= 0.6 is 0 Å². The van der Waals surface area contributed by atoms with Gasteiger partial charge in [0.15, 0.2) is 0 Å². The van der Waals surface area contributed by atoms with Crippen LogP contribution in [0.1, 0.15) is 37.7 Å². The van der Waals surface area contributed by atoms with Gasteiger partial charge >= 0.3 is 0 Å². The first-order valence-electron chi connectivity index (χ1n) is 10.5. The molecule has 3 fully saturated rings. The van der Waals surface area contributed by atoms with Gasteiger partial charge in [0.2, 0.25) is 5.91 Å². The van der Waals surface area contributed by atoms with E-state index >= 15 is 0 Å². The smallest absolute Gasteiger partial charge is 0.224 e. The number of benzene rings is 1. The maximum Gasteiger partial charge on any atom is 0.224 e. The molecule has 4 rings (SSSR count). The van der Waals surface area contributed by atoms with E-state index in [2.05, 4.69) is 23.1 Å². The number of hydrogen-bond donors (Lipinski definition) is 1. The van der Waals surface area contributed by atoms with Crippen molar-refractivity contribution in [3.63, 3.8) is 0 Å². The molecule has 148 valence electrons. The first-order chi connectivity index (χ1) is 13.2. The van der Waals surface area contributed by atoms with Crippen LogP contribution in [-0.2, 0) is 11.2 Å². The van der Waals surface area contributed by atoms with Crippen LogP contribution in [-0.4, -0.2) is 66.2 Å². The summed E-state index contributed by atoms with van der Waals surface area (Å²) >= 11 is 0. The molecule has 3 saturated heterocycles. The largest absolute Gasteiger partial charge is 0.497 e. The number of amides is 1. The highest BCUT2D eigenvalue weighted by molar-refractivity contribution is 5.76. The number of rotatable bonds is 5. The topological polar surface area (TPSA) is 53.0 Å². The molecule has 0 aromatic heterocycles. The number of fused-ring (bicyclic) bond motifs is 4. The van der Waals surface area contributed by atoms with Gasteiger partial charge in [-0.05, 0) is 61.8 Å². The van der Waals surface area contributed by atoms with Gasteiger partial charge in [0, 0.05) is 31.6 Å². The summed E-state index contributed by atoms with van der Waals surface area (Å²) < 4.78 is 5.42. The predicted molar refractivity (Wildman–Crippen MR) is 105 cm³/mol. The summed E-state index contributed by atoms with van der Waals surface area (Å²) in [5.74, 6) is 2.15. The van der Waals surface area contributed by atoms with Crippen LogP contribution in [0.4, 0.5) is 0 Å². The van der Waals surface area contributed by atoms with Gasteiger partial charge in [-0.3, -0.25) is 9.69 Å². The van der Waals surface area contributed by atoms with Gasteiger partial charge < -0.3 is 14.7 Å². The number of carbonyl (C=O) groups is 1. The zero-order valence-corrected chi connectivity index (χ0v) is 16.3. The molecule has 1 N–H and O–H groups in total. The molecule has 0 radical (unpaired) electrons. The lowest BCUT2D eigenvalue weighted by atomic mass is 9.71. The number of likely N-dealkylation sites (tertiary alicyclic amines) is 1. The lowest BCUT2D eigenvalue weighted by Crippen LogP contribution is -2.64. The molecule has 5 heteroatoms. The van der Waals surface area contributed by atoms with E-state index in [4.69, 9.17) is 4.74 Å². The van der Waals surface area contributed by atoms with Crippen molar-refractivity contribution in [1.82, 2.24) is 9.80 Å². The number of aliphatic hydroxyl groups is 1. The summed E-state index contributed by atoms with van der Waals surface area (Å²) in [5, 5.41) is 9.19. The van der Waals surface area contributed by atoms with Crippen molar-refractivity contribution in [1.29, 1.82) is 0 Å². The molecule has 0 aliphatic carbocycles. The molecule has 3 aliphatic rings. The van der Waals surface area contributed by atoms with E-state index in [0.717, 1.165) is 25.3 Å². The normalized spacial score (nSPS) is 30.7. The molecule has 3 aliphatic heterocycles. The van der Waals surface area contributed by atoms with Gasteiger partial charge in [-0.1, -0.05) is 18.6 Å². The van der Waals surface area contributed by atoms with Gasteiger partial charge in [0.25, 0.3) is 0 Å². The zero-order chi connectivity index (χ0) is 18.8. The Balaban J connectivity index is 1.57. The van der Waals surface area contributed by atoms with E-state index in [1.54, 1.807) is 7.11 Å². The van der Waals surface area contributed by atoms with E-state index in [-0.39, 0.29) is 18.9 Å². The molecule has 0 spiro atoms. The number of hydrogen-bond acceptors (Lipinski definition) is 4. The number of carbonyl (C=O) groups excluding carboxylic acids is 1. The first-order valence-corrected chi connectivity index (χ1v) is 10.5. The fraction of sp³-hybridized carbons (Fsp3) is 0.682. The highest BCUT2D eigenvalue weighted by atomic mass is 16.5. The second kappa shape index (κ2) is 8.19. The Hall–Kier alpha value is -1.59. The lowest BCUT2D eigenvalue weighted by Gasteiger charge is -2.57. The Morgan fingerprint density at radius 2 is 2.11 bits per heavy atom. The fourth-order valence-electron chi connectivity index (χ4n) is 5.69. The third-order valence-corrected chi connectivity index (χ3v) is 6.88. The van der Waals surface area contributed by atoms with Crippen molar-refractivity contribution < 1.29 is 14.6 Å². The minimum Gasteiger partial charge on any atom is -0.497 e. The highest BCUT2D eigenvalue weighted by Crippen LogP contribution is 2.42. The number of piperidine rings is 3. The van der Waals surface area contributed by atoms with Gasteiger partial charge in [0.05, 0.1) is 13.7 Å². The summed E-state index contributed by atoms with van der Waals surface area (Å²) in [7, 11) is 1.72. The van der Waals surface area contributed by atoms with Gasteiger partial charge in [0.1, 0.15) is 5.75 Å². The van der Waals surface area contributed by atoms with Gasteiger partial charge in [-0.15, -0.1) is 0 Å². The number of ether oxygens (including phenoxy) is 1. The highest BCUT2D eigenvalue weighted by Gasteiger charge is 2.47. The summed E-state index contributed by atoms with van der Waals surface area (Å²) in [5.41, 5.74) is 1.32. The van der Waals surface area contributed by atoms with Crippen LogP contribution in [0, 0.1) is 11.8 Å². The van der Waals surface area contributed by atoms with Crippen LogP contribution < -0.4 is 4.74 Å². The zero-order valence-electron chi connectivity index (χ0n) is 16.3. The van der Waals surface area contributed by atoms with E-state index in [1.165, 1.54) is 37.8 Å². The van der Waals surface area contributed by atoms with E-state index in [1.807, 2.05) is 11.0 Å². The van der Waals surface area contributed by atoms with Crippen LogP contribution in [0.2, 0.25) is 0 Å². The standard InChI is InChI=1S/C22H32N2O3/c1-27-19-6-4-5-16(11-19)12-21-18-13-17(20-7-2-3-9-24(20)21)14-23(15-18)22(26)8-10-25/h4-6,11,17-18,20-21,25H,2-3,7-10,12-15H2,1H3/t17-,18+,20+,21+/m1/s1. The third-order valence-electron chi connectivity index (χ3n) is 6.88. The fourth-order valence-corrected chi connectivity index (χ4v) is 5.69. The van der Waals surface area contributed by atoms with Crippen LogP contribution in [0.5, 0.6) is 5.75 Å². The second-order valence-corrected chi connectivity index (χ2v) is 8.45. The molecular weight excluding hydrogens is 340 g/mol. The maximum absolute atomic E-state index is 12.5. The molecule has 0 saturated carbocycles. The Kier molecular flexibility index (Phi) is 5.69. The van der Waals surface area contributed by atoms with Crippen molar-refractivity contribution in [2.45, 2.75) is 50.6 Å². The van der Waals surface area contributed by atoms with Crippen molar-refractivity contribution in [3.05, 3.63) is 29.8 Å². The molecule has 1 amide bonds. The summed E-state index contributed by atoms with van der Waals surface area (Å²) in [4.78, 5) is 17.3. The van der Waals surface area contributed by atoms with Crippen LogP contribution in [0.25, 0.3) is 0 Å². The van der Waals surface area contributed by atoms with Crippen molar-refractivity contribution >= 4 is 5.91 Å². The van der Waals surface area contributed by atoms with Gasteiger partial charge in [-0.25, -0.2) is 0 Å². The first kappa shape index (κ1) is 18.8. The lowest BCUT2D eigenvalue weighted by molar-refractivity contribution is -0.141. The number of methoxy groups -OCH3 is 1. The molecule has 1 aromatic rings. The number of aliphatic hydroxyl groups excluding tert-OH is 1. The predicted octanol–water partition coefficient (Wildman–Crippen LogP) is 2.32. The van der Waals surface area contributed by atoms with Crippen molar-refractivity contribution in [2.75, 3.05) is 33.4 Å². The summed E-state index contributed by atoms with van der Waals surface area (Å²) in [6.45, 7) is 2.86. The van der Waals surface area contributed by atoms with Gasteiger partial charge in [-0.2, -0.15) is 0 Å². The quantitative estimate of drug-likeness (QED) is 0.862. The van der Waals surface area contributed by atoms with Crippen LogP contribution in [0.3, 0.4) is 0 Å². The molecule has 0 unspecified atom stereocenters. The molecule has 2 bridgehead atoms. The van der Waals surface area contributed by atoms with E-state index in [0.29, 0.717) is 23.9 Å². The Morgan fingerprint density at radius 3 is 2.93 bits per heavy atom. The summed E-state index contributed by atoms with van der Waals surface area (Å²) in [6.07, 6.45) is 6.37. The maximum atomic E-state index is 12.5. The van der Waals surface area contributed by atoms with Crippen molar-refractivity contribution in [3.8, 4) is 5.75 Å². The summed E-state index contributed by atoms with van der Waals surface area (Å²) in [6, 6.07) is 9.53. The SMILES string of the molecule is COc1cccc(C[C@H]2[C@H]3C[C@H](CN(C(=O)CCO)C3)[C@@H]3CCCCN32)c1. The second-order valence-electron chi connectivity index (χ2n) is 8.45. The molecule has 5 nitrogen and oxygen atoms in total. The molecule has 3 heterocycles. The molecule has 1 aromatic carbocycles. The Morgan fingerprint density at radius 1 is 1.26 bits per heavy atom. The minimum atomic E-state index is -0.0482. The molecular formula is C22H32N2O3. The monoisotopic (exact) mass is 372 g/mol. The van der Waals surface area contributed by atoms with Crippen molar-refractivity contribution in [2.24, 2.45) is 11.8 Å². The molecule has 27 heavy (non-hydrogen) atoms. The third kappa shape index (κ3) is 3.85. The Labute approximate surface area is 162 Å². The Bertz CT molecular complexity index is 665.